The van der Waals surface area contributed by atoms with E-state index in [4.69, 9.17) is 0 Å². The molecule has 0 aromatic carbocycles. The summed E-state index contributed by atoms with van der Waals surface area (Å²) >= 11 is 0. The Hall–Kier alpha value is -1.99. The molecule has 0 amide bonds. The first-order valence-corrected chi connectivity index (χ1v) is 8.08. The molecule has 2 bridgehead atoms. The van der Waals surface area contributed by atoms with Gasteiger partial charge in [-0.05, 0) is 25.3 Å². The molecular formula is C16H21N5O2. The van der Waals surface area contributed by atoms with Crippen LogP contribution in [0.2, 0.25) is 0 Å². The number of aromatic amines is 1. The van der Waals surface area contributed by atoms with Gasteiger partial charge in [0.15, 0.2) is 5.82 Å². The zero-order valence-corrected chi connectivity index (χ0v) is 13.1. The van der Waals surface area contributed by atoms with E-state index in [1.807, 2.05) is 23.6 Å². The summed E-state index contributed by atoms with van der Waals surface area (Å²) in [6.45, 7) is 4.35. The molecule has 2 aromatic rings. The van der Waals surface area contributed by atoms with Gasteiger partial charge in [-0.25, -0.2) is 4.98 Å². The summed E-state index contributed by atoms with van der Waals surface area (Å²) in [7, 11) is 0. The van der Waals surface area contributed by atoms with Gasteiger partial charge in [-0.15, -0.1) is 0 Å². The van der Waals surface area contributed by atoms with Crippen LogP contribution in [0.25, 0.3) is 0 Å². The molecule has 122 valence electrons. The Labute approximate surface area is 134 Å². The number of hydrogen-bond donors (Lipinski definition) is 2. The van der Waals surface area contributed by atoms with Crippen LogP contribution in [0.4, 0.5) is 0 Å². The summed E-state index contributed by atoms with van der Waals surface area (Å²) in [5.74, 6) is 2.23. The van der Waals surface area contributed by atoms with Crippen molar-refractivity contribution < 1.29 is 5.11 Å². The minimum Gasteiger partial charge on any atom is -0.394 e. The van der Waals surface area contributed by atoms with Gasteiger partial charge in [-0.2, -0.15) is 5.10 Å². The van der Waals surface area contributed by atoms with Crippen molar-refractivity contribution in [2.24, 2.45) is 5.92 Å². The molecule has 2 N–H and O–H groups in total. The normalized spacial score (nSPS) is 27.0. The zero-order valence-electron chi connectivity index (χ0n) is 13.1. The Morgan fingerprint density at radius 2 is 2.26 bits per heavy atom. The van der Waals surface area contributed by atoms with Crippen molar-refractivity contribution in [2.45, 2.75) is 31.8 Å². The average molecular weight is 315 g/mol. The van der Waals surface area contributed by atoms with E-state index in [0.29, 0.717) is 12.5 Å². The number of H-pyrrole nitrogens is 1. The molecule has 0 aliphatic carbocycles. The molecule has 2 aliphatic rings. The predicted octanol–water partition coefficient (Wildman–Crippen LogP) is 0.428. The van der Waals surface area contributed by atoms with Crippen molar-refractivity contribution in [2.75, 3.05) is 19.7 Å². The SMILES string of the molecule is Cc1nc(CN2C[C@H]3C[C@@H](C2)[C@H](CO)n2c3cccc2=O)n[nH]1. The zero-order chi connectivity index (χ0) is 16.0. The van der Waals surface area contributed by atoms with E-state index in [0.717, 1.165) is 36.9 Å². The molecule has 2 aromatic heterocycles. The van der Waals surface area contributed by atoms with Gasteiger partial charge in [0, 0.05) is 30.8 Å². The van der Waals surface area contributed by atoms with Gasteiger partial charge in [0.25, 0.3) is 5.56 Å². The highest BCUT2D eigenvalue weighted by Crippen LogP contribution is 2.40. The first-order valence-electron chi connectivity index (χ1n) is 8.08. The Kier molecular flexibility index (Phi) is 3.54. The Morgan fingerprint density at radius 3 is 3.00 bits per heavy atom. The number of nitrogens with one attached hydrogen (secondary N) is 1. The third-order valence-electron chi connectivity index (χ3n) is 5.07. The van der Waals surface area contributed by atoms with E-state index in [1.54, 1.807) is 6.07 Å². The second-order valence-corrected chi connectivity index (χ2v) is 6.63. The first-order chi connectivity index (χ1) is 11.2. The van der Waals surface area contributed by atoms with Gasteiger partial charge in [-0.3, -0.25) is 14.8 Å². The fourth-order valence-electron chi connectivity index (χ4n) is 4.16. The summed E-state index contributed by atoms with van der Waals surface area (Å²) in [5, 5.41) is 16.9. The minimum absolute atomic E-state index is 0.00189. The monoisotopic (exact) mass is 315 g/mol. The van der Waals surface area contributed by atoms with Crippen LogP contribution in [0.3, 0.4) is 0 Å². The molecule has 2 aliphatic heterocycles. The lowest BCUT2D eigenvalue weighted by Gasteiger charge is -2.46. The summed E-state index contributed by atoms with van der Waals surface area (Å²) in [6, 6.07) is 5.29. The van der Waals surface area contributed by atoms with Crippen LogP contribution < -0.4 is 5.56 Å². The van der Waals surface area contributed by atoms with E-state index in [2.05, 4.69) is 20.1 Å². The van der Waals surface area contributed by atoms with Crippen molar-refractivity contribution in [3.63, 3.8) is 0 Å². The van der Waals surface area contributed by atoms with Gasteiger partial charge in [0.1, 0.15) is 5.82 Å². The van der Waals surface area contributed by atoms with Crippen molar-refractivity contribution in [1.82, 2.24) is 24.6 Å². The predicted molar refractivity (Wildman–Crippen MR) is 84.1 cm³/mol. The maximum Gasteiger partial charge on any atom is 0.251 e. The third kappa shape index (κ3) is 2.49. The second-order valence-electron chi connectivity index (χ2n) is 6.63. The Balaban J connectivity index is 1.64. The molecule has 0 unspecified atom stereocenters. The molecule has 7 heteroatoms. The summed E-state index contributed by atoms with van der Waals surface area (Å²) in [4.78, 5) is 19.0. The number of piperidine rings is 1. The standard InChI is InChI=1S/C16H21N5O2/c1-10-17-15(19-18-10)8-20-6-11-5-12(7-20)14(9-22)21-13(11)3-2-4-16(21)23/h2-4,11-12,14,22H,5-9H2,1H3,(H,17,18,19)/t11-,12+,14+/m1/s1. The number of aryl methyl sites for hydroxylation is 1. The third-order valence-corrected chi connectivity index (χ3v) is 5.07. The lowest BCUT2D eigenvalue weighted by atomic mass is 9.78. The first kappa shape index (κ1) is 14.6. The van der Waals surface area contributed by atoms with Crippen LogP contribution in [-0.4, -0.2) is 49.5 Å². The van der Waals surface area contributed by atoms with E-state index in [1.165, 1.54) is 0 Å². The van der Waals surface area contributed by atoms with Crippen molar-refractivity contribution >= 4 is 0 Å². The van der Waals surface area contributed by atoms with Crippen LogP contribution in [-0.2, 0) is 6.54 Å². The quantitative estimate of drug-likeness (QED) is 0.857. The van der Waals surface area contributed by atoms with Crippen LogP contribution in [0, 0.1) is 12.8 Å². The molecule has 23 heavy (non-hydrogen) atoms. The lowest BCUT2D eigenvalue weighted by molar-refractivity contribution is 0.0569. The molecule has 1 saturated heterocycles. The summed E-state index contributed by atoms with van der Waals surface area (Å²) < 4.78 is 1.81. The number of nitrogens with zero attached hydrogens (tertiary/aromatic N) is 4. The lowest BCUT2D eigenvalue weighted by Crippen LogP contribution is -2.50. The number of fused-ring (bicyclic) bond motifs is 4. The number of aliphatic hydroxyl groups excluding tert-OH is 1. The molecule has 0 radical (unpaired) electrons. The van der Waals surface area contributed by atoms with E-state index in [9.17, 15) is 9.90 Å². The number of likely N-dealkylation sites (tertiary alicyclic amines) is 1. The fraction of sp³-hybridized carbons (Fsp3) is 0.562. The molecule has 4 rings (SSSR count). The topological polar surface area (TPSA) is 87.0 Å². The van der Waals surface area contributed by atoms with Crippen LogP contribution in [0.5, 0.6) is 0 Å². The van der Waals surface area contributed by atoms with Crippen LogP contribution >= 0.6 is 0 Å². The van der Waals surface area contributed by atoms with Gasteiger partial charge < -0.3 is 9.67 Å². The number of rotatable bonds is 3. The van der Waals surface area contributed by atoms with Crippen molar-refractivity contribution in [1.29, 1.82) is 0 Å². The van der Waals surface area contributed by atoms with Gasteiger partial charge in [0.05, 0.1) is 19.2 Å². The Bertz CT molecular complexity index is 768. The molecule has 7 nitrogen and oxygen atoms in total. The average Bonchev–Trinajstić information content (AvgIpc) is 2.93. The molecule has 0 saturated carbocycles. The van der Waals surface area contributed by atoms with E-state index >= 15 is 0 Å². The largest absolute Gasteiger partial charge is 0.394 e. The highest BCUT2D eigenvalue weighted by molar-refractivity contribution is 5.19. The highest BCUT2D eigenvalue weighted by atomic mass is 16.3. The van der Waals surface area contributed by atoms with Crippen molar-refractivity contribution in [3.05, 3.63) is 45.9 Å². The second kappa shape index (κ2) is 5.58. The fourth-order valence-corrected chi connectivity index (χ4v) is 4.16. The number of aromatic nitrogens is 4. The van der Waals surface area contributed by atoms with E-state index < -0.39 is 0 Å². The van der Waals surface area contributed by atoms with Crippen LogP contribution in [0.15, 0.2) is 23.0 Å². The van der Waals surface area contributed by atoms with E-state index in [-0.39, 0.29) is 24.1 Å². The van der Waals surface area contributed by atoms with Gasteiger partial charge in [-0.1, -0.05) is 6.07 Å². The maximum atomic E-state index is 12.3. The highest BCUT2D eigenvalue weighted by Gasteiger charge is 2.40. The number of hydrogen-bond acceptors (Lipinski definition) is 5. The van der Waals surface area contributed by atoms with Crippen molar-refractivity contribution in [3.8, 4) is 0 Å². The summed E-state index contributed by atoms with van der Waals surface area (Å²) in [5.41, 5.74) is 1.04. The number of pyridine rings is 1. The Morgan fingerprint density at radius 1 is 1.39 bits per heavy atom. The number of aliphatic hydroxyl groups is 1. The molecule has 3 atom stereocenters. The minimum atomic E-state index is -0.133. The molecule has 0 spiro atoms. The molecule has 4 heterocycles. The van der Waals surface area contributed by atoms with Gasteiger partial charge in [0.2, 0.25) is 0 Å². The maximum absolute atomic E-state index is 12.3. The molecule has 1 fully saturated rings. The smallest absolute Gasteiger partial charge is 0.251 e. The van der Waals surface area contributed by atoms with Crippen LogP contribution in [0.1, 0.15) is 35.7 Å². The van der Waals surface area contributed by atoms with Gasteiger partial charge >= 0.3 is 0 Å². The summed E-state index contributed by atoms with van der Waals surface area (Å²) in [6.07, 6.45) is 1.03. The molecular weight excluding hydrogens is 294 g/mol.